The summed E-state index contributed by atoms with van der Waals surface area (Å²) < 4.78 is 5.98. The molecule has 138 valence electrons. The number of nitrogens with one attached hydrogen (secondary N) is 2. The molecule has 26 heavy (non-hydrogen) atoms. The van der Waals surface area contributed by atoms with Gasteiger partial charge in [0, 0.05) is 43.5 Å². The van der Waals surface area contributed by atoms with E-state index in [4.69, 9.17) is 16.3 Å². The second-order valence-electron chi connectivity index (χ2n) is 6.31. The molecule has 2 heterocycles. The smallest absolute Gasteiger partial charge is 0.252 e. The Morgan fingerprint density at radius 3 is 2.58 bits per heavy atom. The first kappa shape index (κ1) is 18.5. The molecule has 0 atom stereocenters. The number of carbonyl (C=O) groups excluding carboxylic acids is 1. The van der Waals surface area contributed by atoms with Crippen LogP contribution in [0, 0.1) is 0 Å². The van der Waals surface area contributed by atoms with Crippen LogP contribution in [0.5, 0.6) is 5.75 Å². The van der Waals surface area contributed by atoms with Crippen LogP contribution in [0.25, 0.3) is 0 Å². The molecule has 3 rings (SSSR count). The van der Waals surface area contributed by atoms with Gasteiger partial charge in [-0.2, -0.15) is 0 Å². The van der Waals surface area contributed by atoms with E-state index >= 15 is 0 Å². The third kappa shape index (κ3) is 5.34. The minimum atomic E-state index is -0.217. The molecule has 0 saturated carbocycles. The van der Waals surface area contributed by atoms with Crippen LogP contribution in [0.2, 0.25) is 5.02 Å². The van der Waals surface area contributed by atoms with Crippen LogP contribution in [0.3, 0.4) is 0 Å². The number of rotatable bonds is 6. The van der Waals surface area contributed by atoms with Gasteiger partial charge in [-0.25, -0.2) is 0 Å². The van der Waals surface area contributed by atoms with E-state index in [1.54, 1.807) is 0 Å². The monoisotopic (exact) mass is 375 g/mol. The maximum Gasteiger partial charge on any atom is 0.252 e. The van der Waals surface area contributed by atoms with Crippen LogP contribution in [0.1, 0.15) is 23.2 Å². The zero-order valence-electron chi connectivity index (χ0n) is 14.4. The van der Waals surface area contributed by atoms with Crippen molar-refractivity contribution < 1.29 is 9.53 Å². The summed E-state index contributed by atoms with van der Waals surface area (Å²) in [6.45, 7) is 3.24. The molecular formula is C19H22ClN3O3. The van der Waals surface area contributed by atoms with Crippen molar-refractivity contribution in [2.75, 3.05) is 26.2 Å². The maximum absolute atomic E-state index is 12.0. The fraction of sp³-hybridized carbons (Fsp3) is 0.368. The normalized spacial score (nSPS) is 15.6. The second-order valence-corrected chi connectivity index (χ2v) is 6.75. The number of carbonyl (C=O) groups is 1. The summed E-state index contributed by atoms with van der Waals surface area (Å²) in [6.07, 6.45) is 3.55. The van der Waals surface area contributed by atoms with E-state index in [2.05, 4.69) is 15.2 Å². The van der Waals surface area contributed by atoms with Crippen molar-refractivity contribution in [3.63, 3.8) is 0 Å². The summed E-state index contributed by atoms with van der Waals surface area (Å²) in [5.74, 6) is 0.670. The first-order chi connectivity index (χ1) is 12.6. The molecule has 0 spiro atoms. The Hall–Kier alpha value is -2.31. The summed E-state index contributed by atoms with van der Waals surface area (Å²) >= 11 is 5.88. The van der Waals surface area contributed by atoms with Crippen LogP contribution in [0.15, 0.2) is 47.4 Å². The lowest BCUT2D eigenvalue weighted by atomic mass is 10.1. The van der Waals surface area contributed by atoms with Gasteiger partial charge in [-0.3, -0.25) is 9.59 Å². The van der Waals surface area contributed by atoms with Gasteiger partial charge in [-0.1, -0.05) is 11.6 Å². The lowest BCUT2D eigenvalue weighted by Gasteiger charge is -2.32. The van der Waals surface area contributed by atoms with E-state index in [1.807, 2.05) is 24.3 Å². The van der Waals surface area contributed by atoms with Gasteiger partial charge in [0.05, 0.1) is 5.56 Å². The van der Waals surface area contributed by atoms with E-state index < -0.39 is 0 Å². The third-order valence-electron chi connectivity index (χ3n) is 4.41. The summed E-state index contributed by atoms with van der Waals surface area (Å²) in [6, 6.07) is 10.3. The van der Waals surface area contributed by atoms with Gasteiger partial charge in [0.25, 0.3) is 5.91 Å². The van der Waals surface area contributed by atoms with Gasteiger partial charge in [-0.05, 0) is 43.2 Å². The number of hydrogen-bond acceptors (Lipinski definition) is 4. The largest absolute Gasteiger partial charge is 0.490 e. The number of nitrogens with zero attached hydrogens (tertiary/aromatic N) is 1. The van der Waals surface area contributed by atoms with E-state index in [-0.39, 0.29) is 17.6 Å². The number of hydrogen-bond donors (Lipinski definition) is 2. The number of amides is 1. The SMILES string of the molecule is O=C(NCCN1CCC(Oc2ccc(Cl)cc2)CC1)c1ccc(=O)[nH]c1. The average molecular weight is 376 g/mol. The lowest BCUT2D eigenvalue weighted by Crippen LogP contribution is -2.42. The van der Waals surface area contributed by atoms with Gasteiger partial charge in [0.15, 0.2) is 0 Å². The van der Waals surface area contributed by atoms with Crippen molar-refractivity contribution >= 4 is 17.5 Å². The minimum absolute atomic E-state index is 0.179. The van der Waals surface area contributed by atoms with E-state index in [0.29, 0.717) is 17.1 Å². The number of halogens is 1. The first-order valence-electron chi connectivity index (χ1n) is 8.72. The predicted octanol–water partition coefficient (Wildman–Crippen LogP) is 2.30. The van der Waals surface area contributed by atoms with E-state index in [0.717, 1.165) is 38.2 Å². The summed E-state index contributed by atoms with van der Waals surface area (Å²) in [5.41, 5.74) is 0.241. The highest BCUT2D eigenvalue weighted by atomic mass is 35.5. The molecule has 1 aliphatic rings. The first-order valence-corrected chi connectivity index (χ1v) is 9.09. The Bertz CT molecular complexity index is 763. The number of aromatic nitrogens is 1. The van der Waals surface area contributed by atoms with Crippen LogP contribution < -0.4 is 15.6 Å². The molecule has 1 aromatic heterocycles. The molecule has 2 aromatic rings. The predicted molar refractivity (Wildman–Crippen MR) is 101 cm³/mol. The van der Waals surface area contributed by atoms with Gasteiger partial charge in [-0.15, -0.1) is 0 Å². The zero-order valence-corrected chi connectivity index (χ0v) is 15.2. The fourth-order valence-corrected chi connectivity index (χ4v) is 3.06. The topological polar surface area (TPSA) is 74.4 Å². The lowest BCUT2D eigenvalue weighted by molar-refractivity contribution is 0.0905. The number of likely N-dealkylation sites (tertiary alicyclic amines) is 1. The van der Waals surface area contributed by atoms with Crippen LogP contribution in [-0.2, 0) is 0 Å². The Balaban J connectivity index is 1.36. The molecule has 0 bridgehead atoms. The quantitative estimate of drug-likeness (QED) is 0.812. The molecule has 1 amide bonds. The van der Waals surface area contributed by atoms with Crippen LogP contribution in [0.4, 0.5) is 0 Å². The number of benzene rings is 1. The highest BCUT2D eigenvalue weighted by molar-refractivity contribution is 6.30. The molecule has 1 saturated heterocycles. The molecule has 1 fully saturated rings. The molecule has 0 aliphatic carbocycles. The van der Waals surface area contributed by atoms with Crippen molar-refractivity contribution in [1.82, 2.24) is 15.2 Å². The molecule has 0 unspecified atom stereocenters. The number of piperidine rings is 1. The Kier molecular flexibility index (Phi) is 6.30. The number of pyridine rings is 1. The van der Waals surface area contributed by atoms with Gasteiger partial charge in [0.1, 0.15) is 11.9 Å². The van der Waals surface area contributed by atoms with Crippen molar-refractivity contribution in [2.24, 2.45) is 0 Å². The van der Waals surface area contributed by atoms with Crippen molar-refractivity contribution in [3.05, 3.63) is 63.5 Å². The van der Waals surface area contributed by atoms with Gasteiger partial charge >= 0.3 is 0 Å². The zero-order chi connectivity index (χ0) is 18.4. The third-order valence-corrected chi connectivity index (χ3v) is 4.66. The molecule has 1 aliphatic heterocycles. The Labute approximate surface area is 157 Å². The molecular weight excluding hydrogens is 354 g/mol. The van der Waals surface area contributed by atoms with Crippen LogP contribution >= 0.6 is 11.6 Å². The van der Waals surface area contributed by atoms with Crippen LogP contribution in [-0.4, -0.2) is 48.1 Å². The molecule has 7 heteroatoms. The standard InChI is InChI=1S/C19H22ClN3O3/c20-15-2-4-16(5-3-15)26-17-7-10-23(11-8-17)12-9-21-19(25)14-1-6-18(24)22-13-14/h1-6,13,17H,7-12H2,(H,21,25)(H,22,24). The highest BCUT2D eigenvalue weighted by Gasteiger charge is 2.20. The number of ether oxygens (including phenoxy) is 1. The highest BCUT2D eigenvalue weighted by Crippen LogP contribution is 2.20. The molecule has 2 N–H and O–H groups in total. The summed E-state index contributed by atoms with van der Waals surface area (Å²) in [5, 5.41) is 3.58. The summed E-state index contributed by atoms with van der Waals surface area (Å²) in [4.78, 5) is 27.8. The van der Waals surface area contributed by atoms with Gasteiger partial charge in [0.2, 0.25) is 5.56 Å². The Morgan fingerprint density at radius 1 is 1.19 bits per heavy atom. The maximum atomic E-state index is 12.0. The van der Waals surface area contributed by atoms with Crippen molar-refractivity contribution in [1.29, 1.82) is 0 Å². The Morgan fingerprint density at radius 2 is 1.92 bits per heavy atom. The van der Waals surface area contributed by atoms with E-state index in [1.165, 1.54) is 18.3 Å². The minimum Gasteiger partial charge on any atom is -0.490 e. The average Bonchev–Trinajstić information content (AvgIpc) is 2.65. The van der Waals surface area contributed by atoms with Gasteiger partial charge < -0.3 is 19.9 Å². The number of H-pyrrole nitrogens is 1. The number of aromatic amines is 1. The summed E-state index contributed by atoms with van der Waals surface area (Å²) in [7, 11) is 0. The fourth-order valence-electron chi connectivity index (χ4n) is 2.94. The molecule has 1 aromatic carbocycles. The van der Waals surface area contributed by atoms with Crippen molar-refractivity contribution in [2.45, 2.75) is 18.9 Å². The van der Waals surface area contributed by atoms with Crippen molar-refractivity contribution in [3.8, 4) is 5.75 Å². The molecule has 6 nitrogen and oxygen atoms in total. The molecule has 0 radical (unpaired) electrons. The second kappa shape index (κ2) is 8.87. The van der Waals surface area contributed by atoms with E-state index in [9.17, 15) is 9.59 Å².